The predicted octanol–water partition coefficient (Wildman–Crippen LogP) is 3.01. The minimum atomic E-state index is -4.32. The molecule has 0 aromatic heterocycles. The van der Waals surface area contributed by atoms with Gasteiger partial charge in [-0.2, -0.15) is 13.2 Å². The standard InChI is InChI=1S/C16H20F3NO2S/c1-15(2,16(17,18)19)11-5-3-4-10(6-11)8-20-12-9-23-14(22)7-13(12)21/h3-6,12-13,20-21H,7-9H2,1-2H3. The summed E-state index contributed by atoms with van der Waals surface area (Å²) < 4.78 is 39.4. The van der Waals surface area contributed by atoms with E-state index in [-0.39, 0.29) is 23.1 Å². The third kappa shape index (κ3) is 4.28. The number of carbonyl (C=O) groups is 1. The Kier molecular flexibility index (Phi) is 5.43. The maximum absolute atomic E-state index is 13.1. The van der Waals surface area contributed by atoms with E-state index in [0.29, 0.717) is 17.9 Å². The van der Waals surface area contributed by atoms with Gasteiger partial charge in [0.05, 0.1) is 11.5 Å². The first kappa shape index (κ1) is 18.3. The highest BCUT2D eigenvalue weighted by Crippen LogP contribution is 2.40. The van der Waals surface area contributed by atoms with Crippen LogP contribution in [0.25, 0.3) is 0 Å². The van der Waals surface area contributed by atoms with Crippen molar-refractivity contribution in [2.75, 3.05) is 5.75 Å². The summed E-state index contributed by atoms with van der Waals surface area (Å²) in [6.45, 7) is 2.66. The molecule has 0 radical (unpaired) electrons. The lowest BCUT2D eigenvalue weighted by Gasteiger charge is -2.29. The minimum Gasteiger partial charge on any atom is -0.391 e. The summed E-state index contributed by atoms with van der Waals surface area (Å²) in [6.07, 6.45) is -4.97. The normalized spacial score (nSPS) is 23.1. The Bertz CT molecular complexity index is 575. The fraction of sp³-hybridized carbons (Fsp3) is 0.562. The van der Waals surface area contributed by atoms with Gasteiger partial charge in [-0.25, -0.2) is 0 Å². The highest BCUT2D eigenvalue weighted by atomic mass is 32.2. The molecule has 7 heteroatoms. The molecule has 2 atom stereocenters. The number of alkyl halides is 3. The largest absolute Gasteiger partial charge is 0.397 e. The smallest absolute Gasteiger partial charge is 0.391 e. The van der Waals surface area contributed by atoms with Crippen molar-refractivity contribution in [2.45, 2.75) is 50.6 Å². The van der Waals surface area contributed by atoms with E-state index in [1.165, 1.54) is 23.9 Å². The van der Waals surface area contributed by atoms with Crippen LogP contribution in [-0.2, 0) is 16.8 Å². The van der Waals surface area contributed by atoms with Crippen LogP contribution < -0.4 is 5.32 Å². The van der Waals surface area contributed by atoms with Crippen molar-refractivity contribution >= 4 is 16.9 Å². The number of benzene rings is 1. The molecule has 3 nitrogen and oxygen atoms in total. The third-order valence-electron chi connectivity index (χ3n) is 4.19. The fourth-order valence-corrected chi connectivity index (χ4v) is 3.34. The Morgan fingerprint density at radius 2 is 2.04 bits per heavy atom. The number of halogens is 3. The van der Waals surface area contributed by atoms with Gasteiger partial charge in [0.1, 0.15) is 0 Å². The molecular weight excluding hydrogens is 327 g/mol. The molecule has 1 aromatic carbocycles. The van der Waals surface area contributed by atoms with Crippen LogP contribution in [-0.4, -0.2) is 34.3 Å². The summed E-state index contributed by atoms with van der Waals surface area (Å²) in [5, 5.41) is 12.9. The number of hydrogen-bond donors (Lipinski definition) is 2. The molecule has 128 valence electrons. The van der Waals surface area contributed by atoms with Crippen LogP contribution in [0.1, 0.15) is 31.4 Å². The molecule has 2 rings (SSSR count). The van der Waals surface area contributed by atoms with Crippen molar-refractivity contribution in [3.63, 3.8) is 0 Å². The predicted molar refractivity (Wildman–Crippen MR) is 84.2 cm³/mol. The second-order valence-electron chi connectivity index (χ2n) is 6.27. The monoisotopic (exact) mass is 347 g/mol. The Morgan fingerprint density at radius 3 is 2.65 bits per heavy atom. The van der Waals surface area contributed by atoms with Crippen molar-refractivity contribution < 1.29 is 23.1 Å². The van der Waals surface area contributed by atoms with E-state index in [2.05, 4.69) is 5.32 Å². The number of carbonyl (C=O) groups excluding carboxylic acids is 1. The third-order valence-corrected chi connectivity index (χ3v) is 5.20. The first-order chi connectivity index (χ1) is 10.6. The van der Waals surface area contributed by atoms with Gasteiger partial charge in [-0.1, -0.05) is 36.0 Å². The van der Waals surface area contributed by atoms with Gasteiger partial charge in [-0.15, -0.1) is 0 Å². The molecule has 0 saturated carbocycles. The van der Waals surface area contributed by atoms with E-state index in [9.17, 15) is 23.1 Å². The van der Waals surface area contributed by atoms with Gasteiger partial charge in [0.15, 0.2) is 5.12 Å². The van der Waals surface area contributed by atoms with E-state index in [0.717, 1.165) is 13.8 Å². The quantitative estimate of drug-likeness (QED) is 0.879. The second kappa shape index (κ2) is 6.83. The van der Waals surface area contributed by atoms with Gasteiger partial charge in [-0.3, -0.25) is 4.79 Å². The zero-order valence-electron chi connectivity index (χ0n) is 13.0. The Balaban J connectivity index is 2.05. The van der Waals surface area contributed by atoms with Gasteiger partial charge >= 0.3 is 6.18 Å². The molecule has 1 aliphatic rings. The molecule has 1 aromatic rings. The van der Waals surface area contributed by atoms with E-state index in [4.69, 9.17) is 0 Å². The van der Waals surface area contributed by atoms with Crippen LogP contribution in [0.3, 0.4) is 0 Å². The molecule has 0 aliphatic carbocycles. The van der Waals surface area contributed by atoms with Gasteiger partial charge in [0.2, 0.25) is 0 Å². The van der Waals surface area contributed by atoms with Gasteiger partial charge < -0.3 is 10.4 Å². The number of hydrogen-bond acceptors (Lipinski definition) is 4. The number of aliphatic hydroxyl groups excluding tert-OH is 1. The van der Waals surface area contributed by atoms with Crippen LogP contribution in [0.5, 0.6) is 0 Å². The van der Waals surface area contributed by atoms with Crippen molar-refractivity contribution in [3.8, 4) is 0 Å². The summed E-state index contributed by atoms with van der Waals surface area (Å²) >= 11 is 1.17. The molecule has 0 spiro atoms. The summed E-state index contributed by atoms with van der Waals surface area (Å²) in [6, 6.07) is 6.12. The molecule has 1 heterocycles. The molecule has 1 aliphatic heterocycles. The summed E-state index contributed by atoms with van der Waals surface area (Å²) in [7, 11) is 0. The maximum atomic E-state index is 13.1. The first-order valence-electron chi connectivity index (χ1n) is 7.34. The fourth-order valence-electron chi connectivity index (χ4n) is 2.34. The van der Waals surface area contributed by atoms with Crippen molar-refractivity contribution in [2.24, 2.45) is 0 Å². The molecular formula is C16H20F3NO2S. The van der Waals surface area contributed by atoms with Crippen LogP contribution in [0.15, 0.2) is 24.3 Å². The average molecular weight is 347 g/mol. The van der Waals surface area contributed by atoms with Crippen LogP contribution >= 0.6 is 11.8 Å². The Hall–Kier alpha value is -1.05. The lowest BCUT2D eigenvalue weighted by molar-refractivity contribution is -0.180. The van der Waals surface area contributed by atoms with Gasteiger partial charge in [0, 0.05) is 24.8 Å². The van der Waals surface area contributed by atoms with E-state index in [1.807, 2.05) is 0 Å². The zero-order chi connectivity index (χ0) is 17.3. The molecule has 1 saturated heterocycles. The topological polar surface area (TPSA) is 49.3 Å². The van der Waals surface area contributed by atoms with E-state index in [1.54, 1.807) is 12.1 Å². The number of thioether (sulfide) groups is 1. The van der Waals surface area contributed by atoms with E-state index >= 15 is 0 Å². The summed E-state index contributed by atoms with van der Waals surface area (Å²) in [5.41, 5.74) is -0.998. The molecule has 23 heavy (non-hydrogen) atoms. The number of rotatable bonds is 4. The summed E-state index contributed by atoms with van der Waals surface area (Å²) in [5.74, 6) is 0.466. The molecule has 2 unspecified atom stereocenters. The minimum absolute atomic E-state index is 0.0375. The van der Waals surface area contributed by atoms with Crippen molar-refractivity contribution in [1.82, 2.24) is 5.32 Å². The molecule has 0 bridgehead atoms. The lowest BCUT2D eigenvalue weighted by atomic mass is 9.83. The Labute approximate surface area is 137 Å². The van der Waals surface area contributed by atoms with Crippen LogP contribution in [0.4, 0.5) is 13.2 Å². The second-order valence-corrected chi connectivity index (χ2v) is 7.34. The van der Waals surface area contributed by atoms with Crippen LogP contribution in [0.2, 0.25) is 0 Å². The van der Waals surface area contributed by atoms with Gasteiger partial charge in [-0.05, 0) is 25.0 Å². The average Bonchev–Trinajstić information content (AvgIpc) is 2.45. The first-order valence-corrected chi connectivity index (χ1v) is 8.33. The maximum Gasteiger partial charge on any atom is 0.397 e. The zero-order valence-corrected chi connectivity index (χ0v) is 13.8. The highest BCUT2D eigenvalue weighted by molar-refractivity contribution is 8.13. The highest BCUT2D eigenvalue weighted by Gasteiger charge is 2.48. The Morgan fingerprint density at radius 1 is 1.35 bits per heavy atom. The molecule has 0 amide bonds. The molecule has 1 fully saturated rings. The lowest BCUT2D eigenvalue weighted by Crippen LogP contribution is -2.45. The number of aliphatic hydroxyl groups is 1. The van der Waals surface area contributed by atoms with E-state index < -0.39 is 17.7 Å². The van der Waals surface area contributed by atoms with Crippen molar-refractivity contribution in [3.05, 3.63) is 35.4 Å². The summed E-state index contributed by atoms with van der Waals surface area (Å²) in [4.78, 5) is 11.2. The van der Waals surface area contributed by atoms with Crippen LogP contribution in [0, 0.1) is 0 Å². The molecule has 2 N–H and O–H groups in total. The van der Waals surface area contributed by atoms with Gasteiger partial charge in [0.25, 0.3) is 0 Å². The number of nitrogens with one attached hydrogen (secondary N) is 1. The SMILES string of the molecule is CC(C)(c1cccc(CNC2CSC(=O)CC2O)c1)C(F)(F)F. The van der Waals surface area contributed by atoms with Crippen molar-refractivity contribution in [1.29, 1.82) is 0 Å².